The third kappa shape index (κ3) is 7.25. The number of pyridine rings is 1. The van der Waals surface area contributed by atoms with Crippen LogP contribution in [-0.2, 0) is 16.4 Å². The number of sulfonamides is 1. The van der Waals surface area contributed by atoms with E-state index in [1.807, 2.05) is 18.2 Å². The molecule has 0 spiro atoms. The number of nitrogens with zero attached hydrogens (tertiary/aromatic N) is 1. The van der Waals surface area contributed by atoms with Gasteiger partial charge in [0.15, 0.2) is 0 Å². The molecule has 19 heavy (non-hydrogen) atoms. The molecule has 1 heterocycles. The van der Waals surface area contributed by atoms with Crippen molar-refractivity contribution in [2.45, 2.75) is 26.2 Å². The van der Waals surface area contributed by atoms with Gasteiger partial charge in [0.25, 0.3) is 0 Å². The summed E-state index contributed by atoms with van der Waals surface area (Å²) < 4.78 is 26.1. The van der Waals surface area contributed by atoms with E-state index in [4.69, 9.17) is 5.73 Å². The number of aryl methyl sites for hydroxylation is 1. The molecule has 0 aliphatic carbocycles. The Bertz CT molecular complexity index is 448. The molecule has 0 aliphatic rings. The molecule has 0 aliphatic heterocycles. The van der Waals surface area contributed by atoms with E-state index >= 15 is 0 Å². The van der Waals surface area contributed by atoms with Gasteiger partial charge in [-0.15, -0.1) is 0 Å². The van der Waals surface area contributed by atoms with Gasteiger partial charge in [0, 0.05) is 24.9 Å². The molecular formula is C13H23N3O2S. The van der Waals surface area contributed by atoms with Gasteiger partial charge < -0.3 is 5.73 Å². The Morgan fingerprint density at radius 2 is 2.21 bits per heavy atom. The molecule has 0 amide bonds. The Hall–Kier alpha value is -0.980. The van der Waals surface area contributed by atoms with Gasteiger partial charge in [0.05, 0.1) is 5.75 Å². The number of hydrogen-bond acceptors (Lipinski definition) is 4. The second-order valence-electron chi connectivity index (χ2n) is 4.77. The van der Waals surface area contributed by atoms with E-state index in [2.05, 4.69) is 16.6 Å². The lowest BCUT2D eigenvalue weighted by atomic mass is 10.1. The molecule has 1 rings (SSSR count). The lowest BCUT2D eigenvalue weighted by Crippen LogP contribution is -2.28. The van der Waals surface area contributed by atoms with Crippen LogP contribution in [0.25, 0.3) is 0 Å². The van der Waals surface area contributed by atoms with Crippen LogP contribution in [-0.4, -0.2) is 32.2 Å². The van der Waals surface area contributed by atoms with Crippen LogP contribution in [0.4, 0.5) is 0 Å². The lowest BCUT2D eigenvalue weighted by molar-refractivity contribution is 0.513. The van der Waals surface area contributed by atoms with Gasteiger partial charge in [0.1, 0.15) is 0 Å². The highest BCUT2D eigenvalue weighted by molar-refractivity contribution is 7.89. The summed E-state index contributed by atoms with van der Waals surface area (Å²) in [6, 6.07) is 5.50. The van der Waals surface area contributed by atoms with E-state index in [0.29, 0.717) is 25.4 Å². The first-order chi connectivity index (χ1) is 9.03. The van der Waals surface area contributed by atoms with Crippen LogP contribution in [0.1, 0.15) is 25.5 Å². The number of hydrogen-bond donors (Lipinski definition) is 2. The molecule has 108 valence electrons. The van der Waals surface area contributed by atoms with Crippen LogP contribution in [0.5, 0.6) is 0 Å². The Morgan fingerprint density at radius 1 is 1.42 bits per heavy atom. The second-order valence-corrected chi connectivity index (χ2v) is 6.69. The molecule has 1 aromatic heterocycles. The zero-order valence-corrected chi connectivity index (χ0v) is 12.2. The van der Waals surface area contributed by atoms with Crippen LogP contribution >= 0.6 is 0 Å². The van der Waals surface area contributed by atoms with E-state index in [1.165, 1.54) is 0 Å². The van der Waals surface area contributed by atoms with Crippen molar-refractivity contribution in [3.63, 3.8) is 0 Å². The van der Waals surface area contributed by atoms with E-state index in [9.17, 15) is 8.42 Å². The highest BCUT2D eigenvalue weighted by Crippen LogP contribution is 2.03. The smallest absolute Gasteiger partial charge is 0.211 e. The van der Waals surface area contributed by atoms with Gasteiger partial charge in [-0.25, -0.2) is 13.1 Å². The molecule has 6 heteroatoms. The lowest BCUT2D eigenvalue weighted by Gasteiger charge is -2.09. The first-order valence-electron chi connectivity index (χ1n) is 6.61. The van der Waals surface area contributed by atoms with Gasteiger partial charge in [0.2, 0.25) is 10.0 Å². The van der Waals surface area contributed by atoms with Crippen LogP contribution in [0, 0.1) is 5.92 Å². The fourth-order valence-electron chi connectivity index (χ4n) is 1.65. The number of nitrogens with one attached hydrogen (secondary N) is 1. The Kier molecular flexibility index (Phi) is 6.97. The largest absolute Gasteiger partial charge is 0.330 e. The SMILES string of the molecule is CC(CN)CCCNS(=O)(=O)CCc1ccccn1. The van der Waals surface area contributed by atoms with Crippen molar-refractivity contribution in [2.24, 2.45) is 11.7 Å². The van der Waals surface area contributed by atoms with E-state index in [0.717, 1.165) is 18.5 Å². The van der Waals surface area contributed by atoms with Crippen LogP contribution < -0.4 is 10.5 Å². The highest BCUT2D eigenvalue weighted by atomic mass is 32.2. The van der Waals surface area contributed by atoms with Crippen LogP contribution in [0.15, 0.2) is 24.4 Å². The number of rotatable bonds is 9. The summed E-state index contributed by atoms with van der Waals surface area (Å²) >= 11 is 0. The van der Waals surface area contributed by atoms with Crippen molar-refractivity contribution < 1.29 is 8.42 Å². The average molecular weight is 285 g/mol. The highest BCUT2D eigenvalue weighted by Gasteiger charge is 2.10. The van der Waals surface area contributed by atoms with Crippen molar-refractivity contribution in [2.75, 3.05) is 18.8 Å². The fraction of sp³-hybridized carbons (Fsp3) is 0.615. The summed E-state index contributed by atoms with van der Waals surface area (Å²) in [6.45, 7) is 3.19. The van der Waals surface area contributed by atoms with Gasteiger partial charge in [-0.05, 0) is 37.4 Å². The quantitative estimate of drug-likeness (QED) is 0.661. The first-order valence-corrected chi connectivity index (χ1v) is 8.26. The van der Waals surface area contributed by atoms with Crippen molar-refractivity contribution in [1.29, 1.82) is 0 Å². The van der Waals surface area contributed by atoms with Crippen LogP contribution in [0.3, 0.4) is 0 Å². The van der Waals surface area contributed by atoms with Gasteiger partial charge >= 0.3 is 0 Å². The number of nitrogens with two attached hydrogens (primary N) is 1. The van der Waals surface area contributed by atoms with Gasteiger partial charge in [-0.2, -0.15) is 0 Å². The summed E-state index contributed by atoms with van der Waals surface area (Å²) in [7, 11) is -3.21. The molecule has 0 radical (unpaired) electrons. The minimum atomic E-state index is -3.21. The standard InChI is InChI=1S/C13H23N3O2S/c1-12(11-14)5-4-9-16-19(17,18)10-7-13-6-2-3-8-15-13/h2-3,6,8,12,16H,4-5,7,9-11,14H2,1H3. The Labute approximate surface area is 115 Å². The average Bonchev–Trinajstić information content (AvgIpc) is 2.42. The maximum atomic E-state index is 11.8. The fourth-order valence-corrected chi connectivity index (χ4v) is 2.73. The van der Waals surface area contributed by atoms with Crippen LogP contribution in [0.2, 0.25) is 0 Å². The minimum absolute atomic E-state index is 0.0798. The summed E-state index contributed by atoms with van der Waals surface area (Å²) in [5.41, 5.74) is 6.30. The first kappa shape index (κ1) is 16.1. The molecule has 1 aromatic rings. The zero-order valence-electron chi connectivity index (χ0n) is 11.4. The minimum Gasteiger partial charge on any atom is -0.330 e. The molecule has 0 fully saturated rings. The summed E-state index contributed by atoms with van der Waals surface area (Å²) in [4.78, 5) is 4.11. The van der Waals surface area contributed by atoms with Gasteiger partial charge in [-0.3, -0.25) is 4.98 Å². The third-order valence-electron chi connectivity index (χ3n) is 2.95. The van der Waals surface area contributed by atoms with E-state index in [1.54, 1.807) is 6.20 Å². The molecule has 1 atom stereocenters. The molecule has 0 saturated heterocycles. The maximum absolute atomic E-state index is 11.8. The third-order valence-corrected chi connectivity index (χ3v) is 4.34. The maximum Gasteiger partial charge on any atom is 0.211 e. The van der Waals surface area contributed by atoms with Crippen molar-refractivity contribution in [1.82, 2.24) is 9.71 Å². The predicted molar refractivity (Wildman–Crippen MR) is 77.2 cm³/mol. The second kappa shape index (κ2) is 8.24. The van der Waals surface area contributed by atoms with E-state index in [-0.39, 0.29) is 5.75 Å². The molecule has 0 aromatic carbocycles. The molecule has 0 bridgehead atoms. The normalized spacial score (nSPS) is 13.4. The molecule has 3 N–H and O–H groups in total. The Balaban J connectivity index is 2.25. The molecule has 0 saturated carbocycles. The van der Waals surface area contributed by atoms with Crippen molar-refractivity contribution >= 4 is 10.0 Å². The molecule has 1 unspecified atom stereocenters. The van der Waals surface area contributed by atoms with Gasteiger partial charge in [-0.1, -0.05) is 13.0 Å². The predicted octanol–water partition coefficient (Wildman–Crippen LogP) is 0.919. The molecule has 5 nitrogen and oxygen atoms in total. The summed E-state index contributed by atoms with van der Waals surface area (Å²) in [6.07, 6.45) is 3.87. The Morgan fingerprint density at radius 3 is 2.84 bits per heavy atom. The topological polar surface area (TPSA) is 85.1 Å². The monoisotopic (exact) mass is 285 g/mol. The summed E-state index contributed by atoms with van der Waals surface area (Å²) in [5.74, 6) is 0.522. The van der Waals surface area contributed by atoms with E-state index < -0.39 is 10.0 Å². The molecular weight excluding hydrogens is 262 g/mol. The van der Waals surface area contributed by atoms with Crippen molar-refractivity contribution in [3.05, 3.63) is 30.1 Å². The van der Waals surface area contributed by atoms with Crippen molar-refractivity contribution in [3.8, 4) is 0 Å². The zero-order chi connectivity index (χ0) is 14.1. The summed E-state index contributed by atoms with van der Waals surface area (Å²) in [5, 5.41) is 0. The number of aromatic nitrogens is 1.